The number of aromatic hydroxyl groups is 1. The van der Waals surface area contributed by atoms with Gasteiger partial charge in [-0.05, 0) is 19.4 Å². The summed E-state index contributed by atoms with van der Waals surface area (Å²) in [6.07, 6.45) is 0. The van der Waals surface area contributed by atoms with Gasteiger partial charge in [-0.3, -0.25) is 9.59 Å². The first-order valence-corrected chi connectivity index (χ1v) is 7.00. The van der Waals surface area contributed by atoms with Gasteiger partial charge in [-0.1, -0.05) is 41.7 Å². The van der Waals surface area contributed by atoms with Crippen LogP contribution < -0.4 is 11.1 Å². The Hall–Kier alpha value is -2.41. The summed E-state index contributed by atoms with van der Waals surface area (Å²) < 4.78 is 0. The number of aromatic nitrogens is 1. The largest absolute Gasteiger partial charge is 0.492 e. The number of amides is 2. The highest BCUT2D eigenvalue weighted by Crippen LogP contribution is 2.30. The van der Waals surface area contributed by atoms with E-state index in [0.717, 1.165) is 16.9 Å². The molecule has 0 unspecified atom stereocenters. The monoisotopic (exact) mass is 305 g/mol. The zero-order valence-electron chi connectivity index (χ0n) is 11.6. The summed E-state index contributed by atoms with van der Waals surface area (Å²) in [5, 5.41) is 12.2. The minimum Gasteiger partial charge on any atom is -0.492 e. The van der Waals surface area contributed by atoms with E-state index >= 15 is 0 Å². The molecule has 2 aromatic rings. The summed E-state index contributed by atoms with van der Waals surface area (Å²) in [6, 6.07) is 9.28. The van der Waals surface area contributed by atoms with Gasteiger partial charge in [0.25, 0.3) is 5.91 Å². The highest BCUT2D eigenvalue weighted by molar-refractivity contribution is 7.18. The Morgan fingerprint density at radius 3 is 2.43 bits per heavy atom. The fourth-order valence-corrected chi connectivity index (χ4v) is 2.47. The molecule has 1 heterocycles. The van der Waals surface area contributed by atoms with Crippen molar-refractivity contribution in [3.63, 3.8) is 0 Å². The molecule has 0 radical (unpaired) electrons. The average Bonchev–Trinajstić information content (AvgIpc) is 2.80. The van der Waals surface area contributed by atoms with Crippen molar-refractivity contribution in [2.75, 3.05) is 5.32 Å². The zero-order chi connectivity index (χ0) is 15.6. The van der Waals surface area contributed by atoms with E-state index in [4.69, 9.17) is 5.73 Å². The van der Waals surface area contributed by atoms with Crippen molar-refractivity contribution in [2.24, 2.45) is 5.73 Å². The smallest absolute Gasteiger partial charge is 0.264 e. The van der Waals surface area contributed by atoms with Crippen LogP contribution in [0.4, 0.5) is 5.13 Å². The second kappa shape index (κ2) is 5.53. The normalized spacial score (nSPS) is 11.1. The molecule has 21 heavy (non-hydrogen) atoms. The van der Waals surface area contributed by atoms with Crippen LogP contribution in [0.5, 0.6) is 5.88 Å². The van der Waals surface area contributed by atoms with E-state index < -0.39 is 17.2 Å². The van der Waals surface area contributed by atoms with E-state index in [1.807, 2.05) is 30.3 Å². The van der Waals surface area contributed by atoms with E-state index in [-0.39, 0.29) is 15.9 Å². The topological polar surface area (TPSA) is 105 Å². The second-order valence-corrected chi connectivity index (χ2v) is 5.98. The van der Waals surface area contributed by atoms with Gasteiger partial charge in [0.15, 0.2) is 10.0 Å². The maximum atomic E-state index is 12.4. The van der Waals surface area contributed by atoms with Crippen LogP contribution in [-0.2, 0) is 10.2 Å². The molecular formula is C14H15N3O3S. The molecule has 2 amide bonds. The number of nitrogens with two attached hydrogens (primary N) is 1. The van der Waals surface area contributed by atoms with Crippen molar-refractivity contribution >= 4 is 28.3 Å². The van der Waals surface area contributed by atoms with E-state index in [0.29, 0.717) is 0 Å². The van der Waals surface area contributed by atoms with Crippen molar-refractivity contribution in [3.05, 3.63) is 40.8 Å². The average molecular weight is 305 g/mol. The molecule has 0 fully saturated rings. The first-order chi connectivity index (χ1) is 9.82. The maximum Gasteiger partial charge on any atom is 0.264 e. The fraction of sp³-hybridized carbons (Fsp3) is 0.214. The lowest BCUT2D eigenvalue weighted by atomic mass is 9.84. The lowest BCUT2D eigenvalue weighted by molar-refractivity contribution is -0.120. The molecule has 6 nitrogen and oxygen atoms in total. The van der Waals surface area contributed by atoms with Crippen LogP contribution in [0, 0.1) is 0 Å². The van der Waals surface area contributed by atoms with Gasteiger partial charge in [-0.25, -0.2) is 0 Å². The van der Waals surface area contributed by atoms with Gasteiger partial charge in [-0.2, -0.15) is 4.98 Å². The zero-order valence-corrected chi connectivity index (χ0v) is 12.4. The minimum absolute atomic E-state index is 0.0807. The van der Waals surface area contributed by atoms with Gasteiger partial charge < -0.3 is 16.2 Å². The number of benzene rings is 1. The predicted molar refractivity (Wildman–Crippen MR) is 80.4 cm³/mol. The van der Waals surface area contributed by atoms with Gasteiger partial charge in [-0.15, -0.1) is 0 Å². The maximum absolute atomic E-state index is 12.4. The molecule has 0 atom stereocenters. The summed E-state index contributed by atoms with van der Waals surface area (Å²) in [4.78, 5) is 27.1. The fourth-order valence-electron chi connectivity index (χ4n) is 1.77. The van der Waals surface area contributed by atoms with Crippen molar-refractivity contribution in [2.45, 2.75) is 19.3 Å². The van der Waals surface area contributed by atoms with Crippen molar-refractivity contribution < 1.29 is 14.7 Å². The lowest BCUT2D eigenvalue weighted by Crippen LogP contribution is -2.34. The third-order valence-electron chi connectivity index (χ3n) is 3.12. The molecule has 2 rings (SSSR count). The molecule has 0 bridgehead atoms. The third kappa shape index (κ3) is 3.03. The van der Waals surface area contributed by atoms with Crippen molar-refractivity contribution in [1.29, 1.82) is 0 Å². The van der Waals surface area contributed by atoms with Crippen LogP contribution in [-0.4, -0.2) is 21.9 Å². The molecule has 110 valence electrons. The highest BCUT2D eigenvalue weighted by atomic mass is 32.1. The Morgan fingerprint density at radius 2 is 1.90 bits per heavy atom. The van der Waals surface area contributed by atoms with Gasteiger partial charge in [0.1, 0.15) is 0 Å². The van der Waals surface area contributed by atoms with Crippen LogP contribution in [0.2, 0.25) is 0 Å². The van der Waals surface area contributed by atoms with Crippen LogP contribution in [0.1, 0.15) is 29.1 Å². The van der Waals surface area contributed by atoms with Gasteiger partial charge in [0.2, 0.25) is 11.8 Å². The summed E-state index contributed by atoms with van der Waals surface area (Å²) in [7, 11) is 0. The predicted octanol–water partition coefficient (Wildman–Crippen LogP) is 1.86. The third-order valence-corrected chi connectivity index (χ3v) is 4.09. The molecule has 0 aliphatic carbocycles. The van der Waals surface area contributed by atoms with E-state index in [1.165, 1.54) is 0 Å². The second-order valence-electron chi connectivity index (χ2n) is 4.98. The lowest BCUT2D eigenvalue weighted by Gasteiger charge is -2.23. The number of anilines is 1. The Bertz CT molecular complexity index is 680. The Balaban J connectivity index is 2.22. The van der Waals surface area contributed by atoms with E-state index in [2.05, 4.69) is 10.3 Å². The van der Waals surface area contributed by atoms with Crippen LogP contribution >= 0.6 is 11.3 Å². The standard InChI is InChI=1S/C14H15N3O3S/c1-14(2,8-6-4-3-5-7-8)12(20)17-13-16-11(19)9(21-13)10(15)18/h3-7,19H,1-2H3,(H2,15,18)(H,16,17,20). The summed E-state index contributed by atoms with van der Waals surface area (Å²) in [6.45, 7) is 3.56. The highest BCUT2D eigenvalue weighted by Gasteiger charge is 2.30. The number of nitrogens with zero attached hydrogens (tertiary/aromatic N) is 1. The number of primary amides is 1. The van der Waals surface area contributed by atoms with Crippen LogP contribution in [0.15, 0.2) is 30.3 Å². The molecule has 1 aromatic heterocycles. The van der Waals surface area contributed by atoms with E-state index in [1.54, 1.807) is 13.8 Å². The van der Waals surface area contributed by atoms with Gasteiger partial charge >= 0.3 is 0 Å². The summed E-state index contributed by atoms with van der Waals surface area (Å²) in [5.74, 6) is -1.55. The first kappa shape index (κ1) is 15.0. The Labute approximate surface area is 125 Å². The SMILES string of the molecule is CC(C)(C(=O)Nc1nc(O)c(C(N)=O)s1)c1ccccc1. The molecule has 1 aromatic carbocycles. The van der Waals surface area contributed by atoms with Crippen molar-refractivity contribution in [1.82, 2.24) is 4.98 Å². The quantitative estimate of drug-likeness (QED) is 0.801. The molecule has 0 saturated heterocycles. The first-order valence-electron chi connectivity index (χ1n) is 6.19. The van der Waals surface area contributed by atoms with Gasteiger partial charge in [0.05, 0.1) is 5.41 Å². The summed E-state index contributed by atoms with van der Waals surface area (Å²) in [5.41, 5.74) is 5.16. The van der Waals surface area contributed by atoms with Crippen LogP contribution in [0.3, 0.4) is 0 Å². The van der Waals surface area contributed by atoms with Crippen LogP contribution in [0.25, 0.3) is 0 Å². The molecular weight excluding hydrogens is 290 g/mol. The number of thiazole rings is 1. The minimum atomic E-state index is -0.784. The number of rotatable bonds is 4. The molecule has 0 saturated carbocycles. The number of carbonyl (C=O) groups is 2. The molecule has 7 heteroatoms. The van der Waals surface area contributed by atoms with Gasteiger partial charge in [0, 0.05) is 0 Å². The molecule has 4 N–H and O–H groups in total. The molecule has 0 aliphatic rings. The molecule has 0 spiro atoms. The number of hydrogen-bond donors (Lipinski definition) is 3. The number of nitrogens with one attached hydrogen (secondary N) is 1. The Morgan fingerprint density at radius 1 is 1.29 bits per heavy atom. The molecule has 0 aliphatic heterocycles. The number of carbonyl (C=O) groups excluding carboxylic acids is 2. The summed E-state index contributed by atoms with van der Waals surface area (Å²) >= 11 is 0.840. The number of hydrogen-bond acceptors (Lipinski definition) is 5. The van der Waals surface area contributed by atoms with Crippen molar-refractivity contribution in [3.8, 4) is 5.88 Å². The van der Waals surface area contributed by atoms with E-state index in [9.17, 15) is 14.7 Å². The Kier molecular flexibility index (Phi) is 3.95.